The molecule has 0 amide bonds. The SMILES string of the molecule is ClCNCCc1ccc2c(c1)OCO2. The molecular formula is C10H12ClNO2. The molecule has 3 nitrogen and oxygen atoms in total. The van der Waals surface area contributed by atoms with E-state index in [2.05, 4.69) is 5.32 Å². The number of benzene rings is 1. The summed E-state index contributed by atoms with van der Waals surface area (Å²) in [7, 11) is 0. The average Bonchev–Trinajstić information content (AvgIpc) is 2.65. The standard InChI is InChI=1S/C10H12ClNO2/c11-6-12-4-3-8-1-2-9-10(5-8)14-7-13-9/h1-2,5,12H,3-4,6-7H2. The van der Waals surface area contributed by atoms with Crippen molar-refractivity contribution in [2.45, 2.75) is 6.42 Å². The number of fused-ring (bicyclic) bond motifs is 1. The second-order valence-corrected chi connectivity index (χ2v) is 3.34. The van der Waals surface area contributed by atoms with Crippen molar-refractivity contribution in [2.24, 2.45) is 0 Å². The molecule has 0 bridgehead atoms. The van der Waals surface area contributed by atoms with Gasteiger partial charge in [-0.3, -0.25) is 0 Å². The van der Waals surface area contributed by atoms with Crippen molar-refractivity contribution in [3.63, 3.8) is 0 Å². The Morgan fingerprint density at radius 1 is 1.29 bits per heavy atom. The normalized spacial score (nSPS) is 13.2. The second kappa shape index (κ2) is 4.53. The van der Waals surface area contributed by atoms with Crippen LogP contribution >= 0.6 is 11.6 Å². The highest BCUT2D eigenvalue weighted by molar-refractivity contribution is 6.17. The van der Waals surface area contributed by atoms with Gasteiger partial charge in [-0.05, 0) is 24.1 Å². The first kappa shape index (κ1) is 9.62. The molecule has 4 heteroatoms. The van der Waals surface area contributed by atoms with Crippen molar-refractivity contribution in [3.05, 3.63) is 23.8 Å². The first-order chi connectivity index (χ1) is 6.90. The van der Waals surface area contributed by atoms with E-state index in [1.807, 2.05) is 18.2 Å². The van der Waals surface area contributed by atoms with Crippen LogP contribution in [-0.4, -0.2) is 19.3 Å². The van der Waals surface area contributed by atoms with Crippen LogP contribution in [0.3, 0.4) is 0 Å². The molecule has 0 saturated carbocycles. The number of alkyl halides is 1. The molecule has 0 aliphatic carbocycles. The number of hydrogen-bond acceptors (Lipinski definition) is 3. The minimum Gasteiger partial charge on any atom is -0.454 e. The summed E-state index contributed by atoms with van der Waals surface area (Å²) < 4.78 is 10.5. The Morgan fingerprint density at radius 2 is 2.14 bits per heavy atom. The Bertz CT molecular complexity index is 317. The van der Waals surface area contributed by atoms with Gasteiger partial charge >= 0.3 is 0 Å². The highest BCUT2D eigenvalue weighted by atomic mass is 35.5. The fourth-order valence-electron chi connectivity index (χ4n) is 1.40. The summed E-state index contributed by atoms with van der Waals surface area (Å²) >= 11 is 5.51. The van der Waals surface area contributed by atoms with E-state index in [1.165, 1.54) is 5.56 Å². The van der Waals surface area contributed by atoms with Crippen LogP contribution in [-0.2, 0) is 6.42 Å². The molecule has 1 aliphatic rings. The molecule has 14 heavy (non-hydrogen) atoms. The summed E-state index contributed by atoms with van der Waals surface area (Å²) in [6.45, 7) is 1.21. The molecule has 0 unspecified atom stereocenters. The van der Waals surface area contributed by atoms with Gasteiger partial charge < -0.3 is 14.8 Å². The van der Waals surface area contributed by atoms with Crippen molar-refractivity contribution < 1.29 is 9.47 Å². The van der Waals surface area contributed by atoms with Gasteiger partial charge in [-0.2, -0.15) is 0 Å². The van der Waals surface area contributed by atoms with Gasteiger partial charge in [0.2, 0.25) is 6.79 Å². The van der Waals surface area contributed by atoms with Crippen molar-refractivity contribution in [1.29, 1.82) is 0 Å². The lowest BCUT2D eigenvalue weighted by molar-refractivity contribution is 0.174. The Morgan fingerprint density at radius 3 is 3.00 bits per heavy atom. The molecule has 1 aromatic carbocycles. The van der Waals surface area contributed by atoms with Crippen molar-refractivity contribution in [3.8, 4) is 11.5 Å². The van der Waals surface area contributed by atoms with Crippen LogP contribution < -0.4 is 14.8 Å². The molecule has 0 aromatic heterocycles. The van der Waals surface area contributed by atoms with Gasteiger partial charge in [0.1, 0.15) is 0 Å². The van der Waals surface area contributed by atoms with Gasteiger partial charge in [-0.25, -0.2) is 0 Å². The van der Waals surface area contributed by atoms with Gasteiger partial charge in [0, 0.05) is 6.54 Å². The lowest BCUT2D eigenvalue weighted by Crippen LogP contribution is -2.14. The molecule has 0 fully saturated rings. The van der Waals surface area contributed by atoms with E-state index in [1.54, 1.807) is 0 Å². The first-order valence-corrected chi connectivity index (χ1v) is 5.09. The summed E-state index contributed by atoms with van der Waals surface area (Å²) in [6, 6.07) is 6.49. The molecule has 0 spiro atoms. The number of nitrogens with one attached hydrogen (secondary N) is 1. The van der Waals surface area contributed by atoms with E-state index in [0.717, 1.165) is 24.5 Å². The summed E-state index contributed by atoms with van der Waals surface area (Å²) in [5.74, 6) is 1.67. The number of hydrogen-bond donors (Lipinski definition) is 1. The third kappa shape index (κ3) is 2.11. The summed E-state index contributed by atoms with van der Waals surface area (Å²) in [5, 5.41) is 3.06. The van der Waals surface area contributed by atoms with Gasteiger partial charge in [-0.1, -0.05) is 6.07 Å². The van der Waals surface area contributed by atoms with Gasteiger partial charge in [-0.15, -0.1) is 11.6 Å². The second-order valence-electron chi connectivity index (χ2n) is 3.07. The van der Waals surface area contributed by atoms with E-state index in [-0.39, 0.29) is 0 Å². The van der Waals surface area contributed by atoms with Crippen LogP contribution in [0.25, 0.3) is 0 Å². The quantitative estimate of drug-likeness (QED) is 0.470. The summed E-state index contributed by atoms with van der Waals surface area (Å²) in [6.07, 6.45) is 0.948. The Hall–Kier alpha value is -0.930. The van der Waals surface area contributed by atoms with Gasteiger partial charge in [0.15, 0.2) is 11.5 Å². The van der Waals surface area contributed by atoms with Crippen molar-refractivity contribution in [1.82, 2.24) is 5.32 Å². The molecule has 1 N–H and O–H groups in total. The minimum absolute atomic E-state index is 0.332. The molecule has 0 saturated heterocycles. The van der Waals surface area contributed by atoms with Crippen LogP contribution in [0.1, 0.15) is 5.56 Å². The molecule has 2 rings (SSSR count). The minimum atomic E-state index is 0.332. The molecule has 1 aliphatic heterocycles. The number of ether oxygens (including phenoxy) is 2. The van der Waals surface area contributed by atoms with Crippen LogP contribution in [0, 0.1) is 0 Å². The topological polar surface area (TPSA) is 30.5 Å². The zero-order valence-corrected chi connectivity index (χ0v) is 8.51. The fourth-order valence-corrected chi connectivity index (χ4v) is 1.53. The fraction of sp³-hybridized carbons (Fsp3) is 0.400. The zero-order chi connectivity index (χ0) is 9.80. The van der Waals surface area contributed by atoms with Crippen molar-refractivity contribution >= 4 is 11.6 Å². The predicted molar refractivity (Wildman–Crippen MR) is 55.0 cm³/mol. The smallest absolute Gasteiger partial charge is 0.231 e. The highest BCUT2D eigenvalue weighted by Gasteiger charge is 2.12. The first-order valence-electron chi connectivity index (χ1n) is 4.55. The maximum absolute atomic E-state index is 5.51. The maximum Gasteiger partial charge on any atom is 0.231 e. The molecular weight excluding hydrogens is 202 g/mol. The Kier molecular flexibility index (Phi) is 3.11. The lowest BCUT2D eigenvalue weighted by Gasteiger charge is -2.02. The molecule has 1 heterocycles. The van der Waals surface area contributed by atoms with Crippen molar-refractivity contribution in [2.75, 3.05) is 19.3 Å². The summed E-state index contributed by atoms with van der Waals surface area (Å²) in [4.78, 5) is 0. The van der Waals surface area contributed by atoms with E-state index < -0.39 is 0 Å². The molecule has 1 aromatic rings. The van der Waals surface area contributed by atoms with E-state index in [4.69, 9.17) is 21.1 Å². The van der Waals surface area contributed by atoms with E-state index in [0.29, 0.717) is 12.8 Å². The van der Waals surface area contributed by atoms with Crippen LogP contribution in [0.5, 0.6) is 11.5 Å². The number of rotatable bonds is 4. The zero-order valence-electron chi connectivity index (χ0n) is 7.75. The average molecular weight is 214 g/mol. The molecule has 76 valence electrons. The van der Waals surface area contributed by atoms with Crippen LogP contribution in [0.15, 0.2) is 18.2 Å². The van der Waals surface area contributed by atoms with E-state index in [9.17, 15) is 0 Å². The third-order valence-corrected chi connectivity index (χ3v) is 2.31. The molecule has 0 radical (unpaired) electrons. The van der Waals surface area contributed by atoms with E-state index >= 15 is 0 Å². The van der Waals surface area contributed by atoms with Crippen LogP contribution in [0.4, 0.5) is 0 Å². The number of halogens is 1. The maximum atomic E-state index is 5.51. The van der Waals surface area contributed by atoms with Gasteiger partial charge in [0.05, 0.1) is 6.00 Å². The Balaban J connectivity index is 1.98. The predicted octanol–water partition coefficient (Wildman–Crippen LogP) is 1.74. The molecule has 0 atom stereocenters. The van der Waals surface area contributed by atoms with Gasteiger partial charge in [0.25, 0.3) is 0 Å². The summed E-state index contributed by atoms with van der Waals surface area (Å²) in [5.41, 5.74) is 1.23. The largest absolute Gasteiger partial charge is 0.454 e. The van der Waals surface area contributed by atoms with Crippen LogP contribution in [0.2, 0.25) is 0 Å². The lowest BCUT2D eigenvalue weighted by atomic mass is 10.1. The third-order valence-electron chi connectivity index (χ3n) is 2.12. The highest BCUT2D eigenvalue weighted by Crippen LogP contribution is 2.32. The monoisotopic (exact) mass is 213 g/mol. The Labute approximate surface area is 88.0 Å².